The molecule has 0 aliphatic carbocycles. The number of aromatic nitrogens is 2. The lowest BCUT2D eigenvalue weighted by molar-refractivity contribution is -0.117. The van der Waals surface area contributed by atoms with Gasteiger partial charge in [0.1, 0.15) is 0 Å². The maximum Gasteiger partial charge on any atom is 0.261 e. The van der Waals surface area contributed by atoms with E-state index in [0.29, 0.717) is 5.69 Å². The summed E-state index contributed by atoms with van der Waals surface area (Å²) in [5, 5.41) is 9.23. The number of carbonyl (C=O) groups excluding carboxylic acids is 1. The summed E-state index contributed by atoms with van der Waals surface area (Å²) in [6, 6.07) is 15.4. The van der Waals surface area contributed by atoms with Crippen LogP contribution in [0.2, 0.25) is 0 Å². The molecular formula is C18H19N5O3S. The molecule has 140 valence electrons. The Labute approximate surface area is 156 Å². The number of hydrogen-bond donors (Lipinski definition) is 4. The maximum absolute atomic E-state index is 12.5. The zero-order chi connectivity index (χ0) is 19.3. The zero-order valence-electron chi connectivity index (χ0n) is 14.3. The Morgan fingerprint density at radius 3 is 2.37 bits per heavy atom. The molecule has 0 saturated carbocycles. The van der Waals surface area contributed by atoms with Gasteiger partial charge in [-0.25, -0.2) is 8.42 Å². The fraction of sp³-hybridized carbons (Fsp3) is 0.111. The largest absolute Gasteiger partial charge is 0.323 e. The lowest BCUT2D eigenvalue weighted by Gasteiger charge is -2.16. The first-order chi connectivity index (χ1) is 13.0. The monoisotopic (exact) mass is 385 g/mol. The normalized spacial score (nSPS) is 12.3. The molecule has 0 aliphatic rings. The van der Waals surface area contributed by atoms with E-state index in [1.54, 1.807) is 54.7 Å². The smallest absolute Gasteiger partial charge is 0.261 e. The number of anilines is 2. The van der Waals surface area contributed by atoms with Crippen molar-refractivity contribution in [3.8, 4) is 0 Å². The summed E-state index contributed by atoms with van der Waals surface area (Å²) in [7, 11) is -3.78. The van der Waals surface area contributed by atoms with E-state index < -0.39 is 22.0 Å². The van der Waals surface area contributed by atoms with E-state index in [4.69, 9.17) is 5.73 Å². The molecule has 2 aromatic carbocycles. The number of rotatable bonds is 7. The Morgan fingerprint density at radius 2 is 1.70 bits per heavy atom. The first kappa shape index (κ1) is 18.6. The molecule has 1 aromatic heterocycles. The predicted molar refractivity (Wildman–Crippen MR) is 103 cm³/mol. The quantitative estimate of drug-likeness (QED) is 0.492. The highest BCUT2D eigenvalue weighted by Gasteiger charge is 2.19. The molecule has 5 N–H and O–H groups in total. The minimum Gasteiger partial charge on any atom is -0.323 e. The highest BCUT2D eigenvalue weighted by Crippen LogP contribution is 2.24. The van der Waals surface area contributed by atoms with Gasteiger partial charge < -0.3 is 11.1 Å². The van der Waals surface area contributed by atoms with E-state index in [1.165, 1.54) is 12.1 Å². The summed E-state index contributed by atoms with van der Waals surface area (Å²) < 4.78 is 27.5. The summed E-state index contributed by atoms with van der Waals surface area (Å²) in [5.74, 6) is -0.434. The number of sulfonamides is 1. The highest BCUT2D eigenvalue weighted by molar-refractivity contribution is 7.92. The topological polar surface area (TPSA) is 130 Å². The van der Waals surface area contributed by atoms with Gasteiger partial charge >= 0.3 is 0 Å². The molecule has 1 atom stereocenters. The Morgan fingerprint density at radius 1 is 1.04 bits per heavy atom. The van der Waals surface area contributed by atoms with Crippen molar-refractivity contribution in [1.82, 2.24) is 10.2 Å². The van der Waals surface area contributed by atoms with Crippen LogP contribution in [-0.2, 0) is 21.2 Å². The SMILES string of the molecule is NC(Cc1ccn[nH]1)C(=O)Nc1ccccc1NS(=O)(=O)c1ccccc1. The zero-order valence-corrected chi connectivity index (χ0v) is 15.1. The molecule has 8 nitrogen and oxygen atoms in total. The number of amides is 1. The number of nitrogens with one attached hydrogen (secondary N) is 3. The van der Waals surface area contributed by atoms with E-state index in [9.17, 15) is 13.2 Å². The summed E-state index contributed by atoms with van der Waals surface area (Å²) in [6.45, 7) is 0. The van der Waals surface area contributed by atoms with Gasteiger partial charge in [0.25, 0.3) is 10.0 Å². The van der Waals surface area contributed by atoms with Gasteiger partial charge in [0.05, 0.1) is 22.3 Å². The van der Waals surface area contributed by atoms with Crippen molar-refractivity contribution in [2.75, 3.05) is 10.0 Å². The van der Waals surface area contributed by atoms with Crippen LogP contribution in [0.15, 0.2) is 71.8 Å². The molecule has 0 fully saturated rings. The number of para-hydroxylation sites is 2. The van der Waals surface area contributed by atoms with Crippen LogP contribution in [0, 0.1) is 0 Å². The molecule has 27 heavy (non-hydrogen) atoms. The third-order valence-electron chi connectivity index (χ3n) is 3.82. The summed E-state index contributed by atoms with van der Waals surface area (Å²) in [5.41, 5.74) is 7.23. The number of hydrogen-bond acceptors (Lipinski definition) is 5. The average molecular weight is 385 g/mol. The van der Waals surface area contributed by atoms with Crippen molar-refractivity contribution >= 4 is 27.3 Å². The minimum absolute atomic E-state index is 0.127. The summed E-state index contributed by atoms with van der Waals surface area (Å²) in [6.07, 6.45) is 1.86. The molecule has 0 radical (unpaired) electrons. The van der Waals surface area contributed by atoms with Crippen LogP contribution in [0.3, 0.4) is 0 Å². The van der Waals surface area contributed by atoms with Crippen molar-refractivity contribution in [1.29, 1.82) is 0 Å². The van der Waals surface area contributed by atoms with Crippen molar-refractivity contribution in [3.05, 3.63) is 72.6 Å². The lowest BCUT2D eigenvalue weighted by atomic mass is 10.1. The van der Waals surface area contributed by atoms with Crippen LogP contribution in [0.25, 0.3) is 0 Å². The Hall–Kier alpha value is -3.17. The maximum atomic E-state index is 12.5. The van der Waals surface area contributed by atoms with Gasteiger partial charge in [-0.3, -0.25) is 14.6 Å². The standard InChI is InChI=1S/C18H19N5O3S/c19-15(12-13-10-11-20-22-13)18(24)21-16-8-4-5-9-17(16)23-27(25,26)14-6-2-1-3-7-14/h1-11,15,23H,12,19H2,(H,20,22)(H,21,24). The van der Waals surface area contributed by atoms with E-state index in [1.807, 2.05) is 0 Å². The lowest BCUT2D eigenvalue weighted by Crippen LogP contribution is -2.37. The van der Waals surface area contributed by atoms with E-state index in [0.717, 1.165) is 5.69 Å². The minimum atomic E-state index is -3.78. The summed E-state index contributed by atoms with van der Waals surface area (Å²) in [4.78, 5) is 12.5. The molecule has 9 heteroatoms. The van der Waals surface area contributed by atoms with Crippen molar-refractivity contribution in [2.45, 2.75) is 17.4 Å². The second-order valence-corrected chi connectivity index (χ2v) is 7.53. The first-order valence-electron chi connectivity index (χ1n) is 8.17. The molecular weight excluding hydrogens is 366 g/mol. The predicted octanol–water partition coefficient (Wildman–Crippen LogP) is 1.72. The van der Waals surface area contributed by atoms with Crippen LogP contribution < -0.4 is 15.8 Å². The molecule has 1 amide bonds. The number of aromatic amines is 1. The average Bonchev–Trinajstić information content (AvgIpc) is 3.17. The Bertz CT molecular complexity index is 1000. The fourth-order valence-corrected chi connectivity index (χ4v) is 3.54. The Kier molecular flexibility index (Phi) is 5.53. The first-order valence-corrected chi connectivity index (χ1v) is 9.65. The second kappa shape index (κ2) is 8.02. The van der Waals surface area contributed by atoms with Crippen molar-refractivity contribution in [3.63, 3.8) is 0 Å². The van der Waals surface area contributed by atoms with Gasteiger partial charge in [-0.2, -0.15) is 5.10 Å². The Balaban J connectivity index is 1.75. The molecule has 3 rings (SSSR count). The van der Waals surface area contributed by atoms with Crippen LogP contribution in [0.1, 0.15) is 5.69 Å². The second-order valence-electron chi connectivity index (χ2n) is 5.85. The molecule has 3 aromatic rings. The molecule has 0 aliphatic heterocycles. The van der Waals surface area contributed by atoms with E-state index in [-0.39, 0.29) is 17.0 Å². The summed E-state index contributed by atoms with van der Waals surface area (Å²) >= 11 is 0. The van der Waals surface area contributed by atoms with E-state index >= 15 is 0 Å². The molecule has 1 unspecified atom stereocenters. The number of nitrogens with two attached hydrogens (primary N) is 1. The third-order valence-corrected chi connectivity index (χ3v) is 5.20. The van der Waals surface area contributed by atoms with Gasteiger partial charge in [-0.05, 0) is 30.3 Å². The van der Waals surface area contributed by atoms with Gasteiger partial charge in [-0.1, -0.05) is 30.3 Å². The molecule has 0 saturated heterocycles. The van der Waals surface area contributed by atoms with Gasteiger partial charge in [-0.15, -0.1) is 0 Å². The number of H-pyrrole nitrogens is 1. The van der Waals surface area contributed by atoms with Crippen LogP contribution >= 0.6 is 0 Å². The van der Waals surface area contributed by atoms with Gasteiger partial charge in [0, 0.05) is 18.3 Å². The molecule has 0 bridgehead atoms. The van der Waals surface area contributed by atoms with Gasteiger partial charge in [0.15, 0.2) is 0 Å². The number of benzene rings is 2. The molecule has 1 heterocycles. The number of nitrogens with zero attached hydrogens (tertiary/aromatic N) is 1. The highest BCUT2D eigenvalue weighted by atomic mass is 32.2. The van der Waals surface area contributed by atoms with E-state index in [2.05, 4.69) is 20.2 Å². The fourth-order valence-electron chi connectivity index (χ4n) is 2.44. The van der Waals surface area contributed by atoms with Crippen LogP contribution in [-0.4, -0.2) is 30.6 Å². The van der Waals surface area contributed by atoms with Gasteiger partial charge in [0.2, 0.25) is 5.91 Å². The van der Waals surface area contributed by atoms with Crippen molar-refractivity contribution < 1.29 is 13.2 Å². The molecule has 0 spiro atoms. The van der Waals surface area contributed by atoms with Crippen LogP contribution in [0.5, 0.6) is 0 Å². The van der Waals surface area contributed by atoms with Crippen molar-refractivity contribution in [2.24, 2.45) is 5.73 Å². The third kappa shape index (κ3) is 4.72. The number of carbonyl (C=O) groups is 1. The van der Waals surface area contributed by atoms with Crippen LogP contribution in [0.4, 0.5) is 11.4 Å².